The summed E-state index contributed by atoms with van der Waals surface area (Å²) in [6.07, 6.45) is 2.79. The van der Waals surface area contributed by atoms with Crippen LogP contribution < -0.4 is 10.2 Å². The molecule has 1 unspecified atom stereocenters. The van der Waals surface area contributed by atoms with Gasteiger partial charge in [0.05, 0.1) is 18.1 Å². The number of aromatic nitrogens is 2. The highest BCUT2D eigenvalue weighted by Gasteiger charge is 2.32. The molecule has 1 aromatic carbocycles. The van der Waals surface area contributed by atoms with E-state index in [2.05, 4.69) is 15.3 Å². The van der Waals surface area contributed by atoms with Crippen molar-refractivity contribution in [1.29, 1.82) is 0 Å². The highest BCUT2D eigenvalue weighted by molar-refractivity contribution is 6.21. The molecule has 0 spiro atoms. The number of likely N-dealkylation sites (N-methyl/N-ethyl adjacent to an activating group) is 1. The number of nitrogens with one attached hydrogen (secondary N) is 3. The average Bonchev–Trinajstić information content (AvgIpc) is 2.85. The van der Waals surface area contributed by atoms with E-state index in [9.17, 15) is 14.7 Å². The van der Waals surface area contributed by atoms with Crippen molar-refractivity contribution in [3.05, 3.63) is 47.9 Å². The number of imidazole rings is 1. The Balaban J connectivity index is 1.89. The standard InChI is InChI=1S/C14H12N4O3/c1-18-7-6-10(19)11(13(18)21)12(20)17-14-15-8-4-2-3-5-9(8)16-14/h2-7,19H,1H3,(H2,15,16,17,20)/p+1. The third-order valence-corrected chi connectivity index (χ3v) is 3.18. The molecule has 4 N–H and O–H groups in total. The maximum Gasteiger partial charge on any atom is 0.358 e. The number of fused-ring (bicyclic) bond motifs is 1. The minimum atomic E-state index is -0.694. The number of allylic oxidation sites excluding steroid dienone is 1. The minimum absolute atomic E-state index is 0.224. The van der Waals surface area contributed by atoms with Crippen molar-refractivity contribution >= 4 is 28.8 Å². The quantitative estimate of drug-likeness (QED) is 0.578. The van der Waals surface area contributed by atoms with Crippen LogP contribution in [0.5, 0.6) is 0 Å². The zero-order valence-corrected chi connectivity index (χ0v) is 11.2. The molecule has 7 nitrogen and oxygen atoms in total. The molecule has 0 saturated heterocycles. The minimum Gasteiger partial charge on any atom is -0.507 e. The van der Waals surface area contributed by atoms with Gasteiger partial charge in [0.25, 0.3) is 5.91 Å². The number of anilines is 1. The summed E-state index contributed by atoms with van der Waals surface area (Å²) in [4.78, 5) is 31.6. The lowest BCUT2D eigenvalue weighted by Crippen LogP contribution is -3.08. The Bertz CT molecular complexity index is 770. The van der Waals surface area contributed by atoms with Gasteiger partial charge in [-0.3, -0.25) is 10.1 Å². The summed E-state index contributed by atoms with van der Waals surface area (Å²) < 4.78 is 0. The van der Waals surface area contributed by atoms with Crippen LogP contribution in [0.4, 0.5) is 5.95 Å². The number of amides is 2. The number of aliphatic hydroxyl groups is 1. The van der Waals surface area contributed by atoms with Gasteiger partial charge in [0.1, 0.15) is 12.0 Å². The number of rotatable bonds is 2. The Morgan fingerprint density at radius 2 is 2.14 bits per heavy atom. The van der Waals surface area contributed by atoms with Crippen LogP contribution in [0.25, 0.3) is 11.0 Å². The van der Waals surface area contributed by atoms with Crippen molar-refractivity contribution in [2.45, 2.75) is 0 Å². The van der Waals surface area contributed by atoms with Crippen LogP contribution in [0.15, 0.2) is 47.9 Å². The van der Waals surface area contributed by atoms with Gasteiger partial charge in [-0.05, 0) is 12.1 Å². The number of para-hydroxylation sites is 2. The Hall–Kier alpha value is -2.93. The van der Waals surface area contributed by atoms with Crippen LogP contribution in [0.1, 0.15) is 0 Å². The fourth-order valence-corrected chi connectivity index (χ4v) is 2.08. The molecule has 106 valence electrons. The van der Waals surface area contributed by atoms with E-state index in [-0.39, 0.29) is 17.3 Å². The molecule has 7 heteroatoms. The molecule has 2 aromatic rings. The number of quaternary nitrogens is 1. The van der Waals surface area contributed by atoms with Gasteiger partial charge in [-0.2, -0.15) is 0 Å². The van der Waals surface area contributed by atoms with E-state index >= 15 is 0 Å². The summed E-state index contributed by atoms with van der Waals surface area (Å²) in [5.74, 6) is -1.32. The molecule has 1 atom stereocenters. The molecule has 3 rings (SSSR count). The summed E-state index contributed by atoms with van der Waals surface area (Å²) >= 11 is 0. The number of carbonyl (C=O) groups is 2. The van der Waals surface area contributed by atoms with Gasteiger partial charge in [-0.1, -0.05) is 12.1 Å². The number of hydrogen-bond donors (Lipinski definition) is 4. The maximum absolute atomic E-state index is 12.2. The van der Waals surface area contributed by atoms with Gasteiger partial charge in [-0.15, -0.1) is 0 Å². The zero-order chi connectivity index (χ0) is 15.0. The summed E-state index contributed by atoms with van der Waals surface area (Å²) in [6, 6.07) is 7.29. The Morgan fingerprint density at radius 3 is 2.90 bits per heavy atom. The lowest BCUT2D eigenvalue weighted by atomic mass is 10.1. The first kappa shape index (κ1) is 13.1. The first-order chi connectivity index (χ1) is 10.1. The molecule has 0 fully saturated rings. The van der Waals surface area contributed by atoms with Crippen molar-refractivity contribution in [1.82, 2.24) is 9.97 Å². The van der Waals surface area contributed by atoms with Gasteiger partial charge in [0.2, 0.25) is 5.95 Å². The molecule has 0 saturated carbocycles. The zero-order valence-electron chi connectivity index (χ0n) is 11.2. The largest absolute Gasteiger partial charge is 0.507 e. The van der Waals surface area contributed by atoms with Crippen molar-refractivity contribution in [2.24, 2.45) is 0 Å². The number of aromatic amines is 1. The number of hydrogen-bond acceptors (Lipinski definition) is 4. The molecule has 1 aliphatic heterocycles. The number of aliphatic hydroxyl groups excluding tert-OH is 1. The third-order valence-electron chi connectivity index (χ3n) is 3.18. The van der Waals surface area contributed by atoms with Crippen molar-refractivity contribution in [3.63, 3.8) is 0 Å². The summed E-state index contributed by atoms with van der Waals surface area (Å²) in [6.45, 7) is 0. The molecule has 2 heterocycles. The van der Waals surface area contributed by atoms with E-state index < -0.39 is 11.8 Å². The SMILES string of the molecule is C[NH+]1C=CC(O)=C(C(=O)Nc2nc3ccccc3[nH]2)C1=O. The number of carbonyl (C=O) groups excluding carboxylic acids is 2. The van der Waals surface area contributed by atoms with E-state index in [4.69, 9.17) is 0 Å². The van der Waals surface area contributed by atoms with E-state index in [1.807, 2.05) is 18.2 Å². The van der Waals surface area contributed by atoms with Gasteiger partial charge < -0.3 is 10.1 Å². The molecule has 0 bridgehead atoms. The van der Waals surface area contributed by atoms with Gasteiger partial charge >= 0.3 is 5.91 Å². The normalized spacial score (nSPS) is 18.3. The highest BCUT2D eigenvalue weighted by atomic mass is 16.3. The first-order valence-corrected chi connectivity index (χ1v) is 6.32. The Kier molecular flexibility index (Phi) is 3.03. The summed E-state index contributed by atoms with van der Waals surface area (Å²) in [5, 5.41) is 12.2. The summed E-state index contributed by atoms with van der Waals surface area (Å²) in [7, 11) is 1.58. The first-order valence-electron chi connectivity index (χ1n) is 6.32. The Labute approximate surface area is 119 Å². The van der Waals surface area contributed by atoms with Gasteiger partial charge in [0, 0.05) is 6.08 Å². The van der Waals surface area contributed by atoms with Crippen LogP contribution in [-0.2, 0) is 9.59 Å². The van der Waals surface area contributed by atoms with Crippen LogP contribution in [0.2, 0.25) is 0 Å². The predicted octanol–water partition coefficient (Wildman–Crippen LogP) is -0.118. The molecule has 1 aliphatic rings. The Morgan fingerprint density at radius 1 is 1.38 bits per heavy atom. The van der Waals surface area contributed by atoms with Crippen molar-refractivity contribution in [2.75, 3.05) is 12.4 Å². The fourth-order valence-electron chi connectivity index (χ4n) is 2.08. The molecular formula is C14H13N4O3+. The smallest absolute Gasteiger partial charge is 0.358 e. The van der Waals surface area contributed by atoms with Crippen LogP contribution in [-0.4, -0.2) is 33.9 Å². The maximum atomic E-state index is 12.2. The van der Waals surface area contributed by atoms with Crippen molar-refractivity contribution < 1.29 is 19.6 Å². The second kappa shape index (κ2) is 4.88. The lowest BCUT2D eigenvalue weighted by molar-refractivity contribution is -0.737. The molecule has 21 heavy (non-hydrogen) atoms. The predicted molar refractivity (Wildman–Crippen MR) is 75.4 cm³/mol. The van der Waals surface area contributed by atoms with Crippen LogP contribution in [0, 0.1) is 0 Å². The van der Waals surface area contributed by atoms with E-state index in [0.29, 0.717) is 10.4 Å². The second-order valence-corrected chi connectivity index (χ2v) is 4.66. The van der Waals surface area contributed by atoms with E-state index in [1.54, 1.807) is 13.1 Å². The number of nitrogens with zero attached hydrogens (tertiary/aromatic N) is 1. The fraction of sp³-hybridized carbons (Fsp3) is 0.0714. The van der Waals surface area contributed by atoms with Gasteiger partial charge in [0.15, 0.2) is 5.57 Å². The molecule has 0 radical (unpaired) electrons. The molecule has 0 aliphatic carbocycles. The average molecular weight is 285 g/mol. The molecule has 1 aromatic heterocycles. The lowest BCUT2D eigenvalue weighted by Gasteiger charge is -2.13. The highest BCUT2D eigenvalue weighted by Crippen LogP contribution is 2.15. The van der Waals surface area contributed by atoms with Crippen molar-refractivity contribution in [3.8, 4) is 0 Å². The van der Waals surface area contributed by atoms with Crippen LogP contribution in [0.3, 0.4) is 0 Å². The topological polar surface area (TPSA) is 99.5 Å². The number of benzene rings is 1. The molecule has 2 amide bonds. The van der Waals surface area contributed by atoms with Gasteiger partial charge in [-0.25, -0.2) is 14.7 Å². The third kappa shape index (κ3) is 2.30. The van der Waals surface area contributed by atoms with E-state index in [0.717, 1.165) is 5.52 Å². The van der Waals surface area contributed by atoms with E-state index in [1.165, 1.54) is 12.3 Å². The monoisotopic (exact) mass is 285 g/mol. The van der Waals surface area contributed by atoms with Crippen LogP contribution >= 0.6 is 0 Å². The summed E-state index contributed by atoms with van der Waals surface area (Å²) in [5.41, 5.74) is 1.18. The second-order valence-electron chi connectivity index (χ2n) is 4.66. The number of H-pyrrole nitrogens is 1. The molecular weight excluding hydrogens is 272 g/mol.